The van der Waals surface area contributed by atoms with E-state index in [4.69, 9.17) is 23.7 Å². The minimum absolute atomic E-state index is 0.00269. The number of hydrogen-bond donors (Lipinski definition) is 1. The largest absolute Gasteiger partial charge is 0.491 e. The number of methoxy groups -OCH3 is 1. The summed E-state index contributed by atoms with van der Waals surface area (Å²) >= 11 is 0. The van der Waals surface area contributed by atoms with E-state index in [1.807, 2.05) is 88.4 Å². The Kier molecular flexibility index (Phi) is 11.7. The van der Waals surface area contributed by atoms with Crippen molar-refractivity contribution in [2.24, 2.45) is 23.2 Å². The second-order valence-electron chi connectivity index (χ2n) is 16.7. The number of aliphatic hydroxyl groups is 1. The highest BCUT2D eigenvalue weighted by Crippen LogP contribution is 2.52. The zero-order chi connectivity index (χ0) is 39.7. The third kappa shape index (κ3) is 8.57. The van der Waals surface area contributed by atoms with Crippen LogP contribution in [-0.2, 0) is 38.8 Å². The molecule has 4 amide bonds. The standard InChI is InChI=1S/C43H54N2O10/c1-27(19-21-44-35(47)16-17-36(44)48)22-41(3,4)25-45-39(49)37-34-18-20-43(55-34,38(37)40(45)50)26-52-23-31(46)24-53-32-12-8-29(9-13-32)42(5,6)30-10-14-33(15-11-30)54-28(2)51-7/h8-18,20,27-28,31,34,37-38,46H,19,21-26H2,1-7H3. The zero-order valence-corrected chi connectivity index (χ0v) is 32.9. The van der Waals surface area contributed by atoms with Crippen LogP contribution < -0.4 is 9.47 Å². The lowest BCUT2D eigenvalue weighted by atomic mass is 9.77. The van der Waals surface area contributed by atoms with Crippen LogP contribution in [0.4, 0.5) is 0 Å². The summed E-state index contributed by atoms with van der Waals surface area (Å²) in [4.78, 5) is 54.0. The minimum atomic E-state index is -1.09. The number of ether oxygens (including phenoxy) is 5. The van der Waals surface area contributed by atoms with Crippen molar-refractivity contribution < 1.29 is 48.0 Å². The van der Waals surface area contributed by atoms with Crippen LogP contribution in [0.3, 0.4) is 0 Å². The van der Waals surface area contributed by atoms with Gasteiger partial charge in [-0.2, -0.15) is 0 Å². The van der Waals surface area contributed by atoms with Crippen molar-refractivity contribution in [2.75, 3.05) is 40.0 Å². The van der Waals surface area contributed by atoms with Gasteiger partial charge in [-0.25, -0.2) is 0 Å². The predicted molar refractivity (Wildman–Crippen MR) is 203 cm³/mol. The van der Waals surface area contributed by atoms with E-state index in [1.54, 1.807) is 7.11 Å². The summed E-state index contributed by atoms with van der Waals surface area (Å²) in [7, 11) is 1.60. The molecule has 1 N–H and O–H groups in total. The van der Waals surface area contributed by atoms with Crippen LogP contribution in [0, 0.1) is 23.2 Å². The molecule has 4 aliphatic rings. The first-order valence-electron chi connectivity index (χ1n) is 19.1. The van der Waals surface area contributed by atoms with E-state index in [9.17, 15) is 24.3 Å². The molecule has 55 heavy (non-hydrogen) atoms. The molecular formula is C43H54N2O10. The van der Waals surface area contributed by atoms with E-state index in [0.29, 0.717) is 25.1 Å². The normalized spacial score (nSPS) is 24.9. The van der Waals surface area contributed by atoms with Crippen LogP contribution in [0.1, 0.15) is 65.5 Å². The third-order valence-electron chi connectivity index (χ3n) is 11.3. The van der Waals surface area contributed by atoms with Gasteiger partial charge >= 0.3 is 0 Å². The molecule has 12 nitrogen and oxygen atoms in total. The van der Waals surface area contributed by atoms with Crippen molar-refractivity contribution >= 4 is 23.6 Å². The average Bonchev–Trinajstić information content (AvgIpc) is 3.87. The number of carbonyl (C=O) groups is 4. The number of nitrogens with zero attached hydrogens (tertiary/aromatic N) is 2. The van der Waals surface area contributed by atoms with Gasteiger partial charge in [0.05, 0.1) is 31.2 Å². The zero-order valence-electron chi connectivity index (χ0n) is 32.9. The van der Waals surface area contributed by atoms with Crippen LogP contribution in [0.5, 0.6) is 11.5 Å². The number of likely N-dealkylation sites (tertiary alicyclic amines) is 1. The van der Waals surface area contributed by atoms with Gasteiger partial charge in [0.2, 0.25) is 11.8 Å². The summed E-state index contributed by atoms with van der Waals surface area (Å²) in [6, 6.07) is 15.7. The van der Waals surface area contributed by atoms with Crippen LogP contribution in [0.15, 0.2) is 72.8 Å². The minimum Gasteiger partial charge on any atom is -0.491 e. The van der Waals surface area contributed by atoms with Crippen LogP contribution in [-0.4, -0.2) is 103 Å². The van der Waals surface area contributed by atoms with Crippen molar-refractivity contribution in [3.05, 3.63) is 84.0 Å². The summed E-state index contributed by atoms with van der Waals surface area (Å²) in [6.45, 7) is 12.8. The van der Waals surface area contributed by atoms with Crippen LogP contribution in [0.2, 0.25) is 0 Å². The van der Waals surface area contributed by atoms with Crippen LogP contribution in [0.25, 0.3) is 0 Å². The Balaban J connectivity index is 0.968. The molecule has 2 aromatic carbocycles. The topological polar surface area (TPSA) is 141 Å². The maximum absolute atomic E-state index is 13.9. The molecule has 2 saturated heterocycles. The molecule has 0 spiro atoms. The summed E-state index contributed by atoms with van der Waals surface area (Å²) in [5.74, 6) is -0.942. The van der Waals surface area contributed by atoms with Crippen molar-refractivity contribution in [3.63, 3.8) is 0 Å². The van der Waals surface area contributed by atoms with Gasteiger partial charge < -0.3 is 28.8 Å². The number of rotatable bonds is 19. The van der Waals surface area contributed by atoms with Gasteiger partial charge in [-0.05, 0) is 66.5 Å². The summed E-state index contributed by atoms with van der Waals surface area (Å²) < 4.78 is 28.9. The number of benzene rings is 2. The molecule has 296 valence electrons. The molecule has 4 aliphatic heterocycles. The van der Waals surface area contributed by atoms with Gasteiger partial charge in [-0.15, -0.1) is 0 Å². The van der Waals surface area contributed by atoms with E-state index < -0.39 is 35.1 Å². The Morgan fingerprint density at radius 1 is 0.855 bits per heavy atom. The van der Waals surface area contributed by atoms with E-state index in [2.05, 4.69) is 13.8 Å². The fourth-order valence-corrected chi connectivity index (χ4v) is 8.34. The molecule has 6 rings (SSSR count). The molecule has 2 bridgehead atoms. The number of hydrogen-bond acceptors (Lipinski definition) is 10. The molecule has 0 radical (unpaired) electrons. The molecule has 4 heterocycles. The Labute approximate surface area is 323 Å². The van der Waals surface area contributed by atoms with Crippen molar-refractivity contribution in [1.29, 1.82) is 0 Å². The summed E-state index contributed by atoms with van der Waals surface area (Å²) in [5, 5.41) is 10.7. The Bertz CT molecular complexity index is 1780. The number of carbonyl (C=O) groups excluding carboxylic acids is 4. The predicted octanol–water partition coefficient (Wildman–Crippen LogP) is 4.82. The highest BCUT2D eigenvalue weighted by molar-refractivity contribution is 6.12. The molecule has 0 aromatic heterocycles. The van der Waals surface area contributed by atoms with Gasteiger partial charge in [0.1, 0.15) is 29.8 Å². The van der Waals surface area contributed by atoms with E-state index in [-0.39, 0.29) is 67.6 Å². The number of aliphatic hydroxyl groups excluding tert-OH is 1. The van der Waals surface area contributed by atoms with E-state index >= 15 is 0 Å². The second-order valence-corrected chi connectivity index (χ2v) is 16.7. The third-order valence-corrected chi connectivity index (χ3v) is 11.3. The number of imide groups is 2. The molecule has 7 atom stereocenters. The first-order chi connectivity index (χ1) is 26.0. The first-order valence-corrected chi connectivity index (χ1v) is 19.1. The Morgan fingerprint density at radius 2 is 1.47 bits per heavy atom. The van der Waals surface area contributed by atoms with Crippen molar-refractivity contribution in [2.45, 2.75) is 83.9 Å². The summed E-state index contributed by atoms with van der Waals surface area (Å²) in [5.41, 5.74) is 0.458. The van der Waals surface area contributed by atoms with E-state index in [0.717, 1.165) is 16.9 Å². The van der Waals surface area contributed by atoms with Gasteiger partial charge in [0.25, 0.3) is 11.8 Å². The monoisotopic (exact) mass is 758 g/mol. The molecule has 2 aromatic rings. The van der Waals surface area contributed by atoms with E-state index in [1.165, 1.54) is 22.0 Å². The fraction of sp³-hybridized carbons (Fsp3) is 0.535. The molecule has 0 aliphatic carbocycles. The highest BCUT2D eigenvalue weighted by Gasteiger charge is 2.67. The molecule has 7 unspecified atom stereocenters. The van der Waals surface area contributed by atoms with Crippen LogP contribution >= 0.6 is 0 Å². The quantitative estimate of drug-likeness (QED) is 0.121. The SMILES string of the molecule is COC(C)Oc1ccc(C(C)(C)c2ccc(OCC(O)COCC34C=CC(O3)C3C(=O)N(CC(C)(C)CC(C)CCN5C(=O)C=CC5=O)C(=O)C34)cc2)cc1. The smallest absolute Gasteiger partial charge is 0.253 e. The lowest BCUT2D eigenvalue weighted by Crippen LogP contribution is -2.46. The van der Waals surface area contributed by atoms with Gasteiger partial charge in [-0.3, -0.25) is 29.0 Å². The Morgan fingerprint density at radius 3 is 2.09 bits per heavy atom. The molecular weight excluding hydrogens is 704 g/mol. The fourth-order valence-electron chi connectivity index (χ4n) is 8.34. The lowest BCUT2D eigenvalue weighted by molar-refractivity contribution is -0.148. The van der Waals surface area contributed by atoms with Crippen molar-refractivity contribution in [1.82, 2.24) is 9.80 Å². The van der Waals surface area contributed by atoms with Gasteiger partial charge in [0.15, 0.2) is 6.29 Å². The molecule has 12 heteroatoms. The average molecular weight is 759 g/mol. The maximum atomic E-state index is 13.9. The second kappa shape index (κ2) is 16.0. The lowest BCUT2D eigenvalue weighted by Gasteiger charge is -2.33. The van der Waals surface area contributed by atoms with Gasteiger partial charge in [-0.1, -0.05) is 71.0 Å². The number of amides is 4. The van der Waals surface area contributed by atoms with Gasteiger partial charge in [0, 0.05) is 37.8 Å². The first kappa shape index (κ1) is 40.3. The highest BCUT2D eigenvalue weighted by atomic mass is 16.7. The molecule has 0 saturated carbocycles. The maximum Gasteiger partial charge on any atom is 0.253 e. The number of fused-ring (bicyclic) bond motifs is 5. The molecule has 2 fully saturated rings. The van der Waals surface area contributed by atoms with Crippen molar-refractivity contribution in [3.8, 4) is 11.5 Å². The summed E-state index contributed by atoms with van der Waals surface area (Å²) in [6.07, 6.45) is 5.75. The Hall–Kier alpha value is -4.36.